The Balaban J connectivity index is 1.65. The minimum Gasteiger partial charge on any atom is -0.449 e. The van der Waals surface area contributed by atoms with E-state index in [4.69, 9.17) is 4.74 Å². The number of ether oxygens (including phenoxy) is 1. The fraction of sp³-hybridized carbons (Fsp3) is 0.263. The van der Waals surface area contributed by atoms with Crippen molar-refractivity contribution in [1.29, 1.82) is 0 Å². The van der Waals surface area contributed by atoms with Gasteiger partial charge in [-0.15, -0.1) is 0 Å². The molecule has 4 nitrogen and oxygen atoms in total. The van der Waals surface area contributed by atoms with E-state index in [9.17, 15) is 14.0 Å². The lowest BCUT2D eigenvalue weighted by atomic mass is 9.99. The largest absolute Gasteiger partial charge is 0.449 e. The fourth-order valence-electron chi connectivity index (χ4n) is 2.84. The molecular weight excluding hydrogens is 309 g/mol. The van der Waals surface area contributed by atoms with E-state index in [1.807, 2.05) is 18.2 Å². The highest BCUT2D eigenvalue weighted by atomic mass is 19.1. The van der Waals surface area contributed by atoms with Gasteiger partial charge in [-0.05, 0) is 36.6 Å². The van der Waals surface area contributed by atoms with Gasteiger partial charge < -0.3 is 9.64 Å². The molecule has 2 aromatic rings. The summed E-state index contributed by atoms with van der Waals surface area (Å²) in [6.07, 6.45) is -0.182. The number of halogens is 1. The van der Waals surface area contributed by atoms with Crippen LogP contribution in [0, 0.1) is 5.82 Å². The topological polar surface area (TPSA) is 46.6 Å². The second-order valence-electron chi connectivity index (χ2n) is 5.81. The van der Waals surface area contributed by atoms with Crippen molar-refractivity contribution in [2.75, 3.05) is 6.54 Å². The first-order chi connectivity index (χ1) is 11.6. The summed E-state index contributed by atoms with van der Waals surface area (Å²) in [6.45, 7) is 2.59. The van der Waals surface area contributed by atoms with Crippen molar-refractivity contribution in [1.82, 2.24) is 4.90 Å². The normalized spacial score (nSPS) is 14.7. The summed E-state index contributed by atoms with van der Waals surface area (Å²) in [5.41, 5.74) is 2.17. The minimum absolute atomic E-state index is 0.166. The summed E-state index contributed by atoms with van der Waals surface area (Å²) < 4.78 is 18.8. The zero-order valence-corrected chi connectivity index (χ0v) is 13.4. The van der Waals surface area contributed by atoms with Gasteiger partial charge in [0.1, 0.15) is 5.82 Å². The molecule has 0 saturated carbocycles. The van der Waals surface area contributed by atoms with Crippen LogP contribution in [0.4, 0.5) is 4.39 Å². The van der Waals surface area contributed by atoms with Gasteiger partial charge in [-0.2, -0.15) is 0 Å². The highest BCUT2D eigenvalue weighted by Crippen LogP contribution is 2.20. The molecule has 0 fully saturated rings. The van der Waals surface area contributed by atoms with E-state index in [1.165, 1.54) is 30.7 Å². The van der Waals surface area contributed by atoms with Crippen LogP contribution >= 0.6 is 0 Å². The van der Waals surface area contributed by atoms with Crippen LogP contribution in [-0.4, -0.2) is 29.4 Å². The molecule has 0 saturated heterocycles. The van der Waals surface area contributed by atoms with Gasteiger partial charge in [-0.1, -0.05) is 36.4 Å². The average molecular weight is 327 g/mol. The lowest BCUT2D eigenvalue weighted by molar-refractivity contribution is -0.140. The van der Waals surface area contributed by atoms with Gasteiger partial charge in [-0.3, -0.25) is 4.79 Å². The number of fused-ring (bicyclic) bond motifs is 1. The summed E-state index contributed by atoms with van der Waals surface area (Å²) in [4.78, 5) is 26.2. The first-order valence-corrected chi connectivity index (χ1v) is 7.87. The SMILES string of the molecule is C[C@@H](OC(=O)c1ccccc1F)C(=O)N1CCc2ccccc2C1. The molecule has 1 heterocycles. The molecule has 0 spiro atoms. The molecule has 0 aliphatic carbocycles. The molecule has 0 radical (unpaired) electrons. The quantitative estimate of drug-likeness (QED) is 0.814. The second kappa shape index (κ2) is 6.83. The van der Waals surface area contributed by atoms with E-state index in [-0.39, 0.29) is 11.5 Å². The van der Waals surface area contributed by atoms with Crippen LogP contribution in [0.3, 0.4) is 0 Å². The summed E-state index contributed by atoms with van der Waals surface area (Å²) in [7, 11) is 0. The van der Waals surface area contributed by atoms with Gasteiger partial charge in [-0.25, -0.2) is 9.18 Å². The van der Waals surface area contributed by atoms with Crippen LogP contribution in [0.15, 0.2) is 48.5 Å². The van der Waals surface area contributed by atoms with Gasteiger partial charge in [0.15, 0.2) is 6.10 Å². The van der Waals surface area contributed by atoms with Crippen LogP contribution in [-0.2, 0) is 22.5 Å². The third-order valence-electron chi connectivity index (χ3n) is 4.17. The predicted octanol–water partition coefficient (Wildman–Crippen LogP) is 2.96. The number of hydrogen-bond acceptors (Lipinski definition) is 3. The van der Waals surface area contributed by atoms with Crippen LogP contribution in [0.2, 0.25) is 0 Å². The molecule has 1 amide bonds. The number of hydrogen-bond donors (Lipinski definition) is 0. The fourth-order valence-corrected chi connectivity index (χ4v) is 2.84. The van der Waals surface area contributed by atoms with E-state index in [0.29, 0.717) is 13.1 Å². The molecule has 0 bridgehead atoms. The summed E-state index contributed by atoms with van der Waals surface area (Å²) in [5.74, 6) is -1.75. The molecule has 3 rings (SSSR count). The number of nitrogens with zero attached hydrogens (tertiary/aromatic N) is 1. The van der Waals surface area contributed by atoms with E-state index < -0.39 is 17.9 Å². The monoisotopic (exact) mass is 327 g/mol. The number of esters is 1. The Bertz CT molecular complexity index is 775. The zero-order chi connectivity index (χ0) is 17.1. The van der Waals surface area contributed by atoms with Gasteiger partial charge in [0.2, 0.25) is 0 Å². The molecule has 124 valence electrons. The number of rotatable bonds is 3. The zero-order valence-electron chi connectivity index (χ0n) is 13.4. The first kappa shape index (κ1) is 16.2. The molecule has 2 aromatic carbocycles. The summed E-state index contributed by atoms with van der Waals surface area (Å²) in [6, 6.07) is 13.5. The van der Waals surface area contributed by atoms with Crippen molar-refractivity contribution < 1.29 is 18.7 Å². The van der Waals surface area contributed by atoms with Gasteiger partial charge in [0, 0.05) is 13.1 Å². The molecule has 0 aromatic heterocycles. The highest BCUT2D eigenvalue weighted by molar-refractivity contribution is 5.92. The van der Waals surface area contributed by atoms with E-state index in [1.54, 1.807) is 11.0 Å². The van der Waals surface area contributed by atoms with E-state index >= 15 is 0 Å². The lowest BCUT2D eigenvalue weighted by Gasteiger charge is -2.30. The summed E-state index contributed by atoms with van der Waals surface area (Å²) >= 11 is 0. The molecule has 1 atom stereocenters. The number of amides is 1. The molecule has 0 N–H and O–H groups in total. The maximum absolute atomic E-state index is 13.6. The summed E-state index contributed by atoms with van der Waals surface area (Å²) in [5, 5.41) is 0. The van der Waals surface area contributed by atoms with E-state index in [0.717, 1.165) is 12.0 Å². The van der Waals surface area contributed by atoms with Gasteiger partial charge >= 0.3 is 5.97 Å². The maximum atomic E-state index is 13.6. The van der Waals surface area contributed by atoms with Crippen molar-refractivity contribution in [3.63, 3.8) is 0 Å². The van der Waals surface area contributed by atoms with Crippen molar-refractivity contribution in [3.05, 3.63) is 71.0 Å². The Morgan fingerprint density at radius 2 is 1.75 bits per heavy atom. The Labute approximate surface area is 139 Å². The number of benzene rings is 2. The number of carbonyl (C=O) groups is 2. The minimum atomic E-state index is -0.956. The Kier molecular flexibility index (Phi) is 4.60. The maximum Gasteiger partial charge on any atom is 0.341 e. The van der Waals surface area contributed by atoms with Crippen LogP contribution in [0.1, 0.15) is 28.4 Å². The average Bonchev–Trinajstić information content (AvgIpc) is 2.60. The van der Waals surface area contributed by atoms with Crippen LogP contribution < -0.4 is 0 Å². The van der Waals surface area contributed by atoms with Crippen molar-refractivity contribution in [3.8, 4) is 0 Å². The van der Waals surface area contributed by atoms with Gasteiger partial charge in [0.25, 0.3) is 5.91 Å². The smallest absolute Gasteiger partial charge is 0.341 e. The van der Waals surface area contributed by atoms with E-state index in [2.05, 4.69) is 6.07 Å². The molecule has 0 unspecified atom stereocenters. The van der Waals surface area contributed by atoms with Crippen molar-refractivity contribution >= 4 is 11.9 Å². The Hall–Kier alpha value is -2.69. The molecule has 24 heavy (non-hydrogen) atoms. The standard InChI is InChI=1S/C19H18FNO3/c1-13(24-19(23)16-8-4-5-9-17(16)20)18(22)21-11-10-14-6-2-3-7-15(14)12-21/h2-9,13H,10-12H2,1H3/t13-/m1/s1. The third kappa shape index (κ3) is 3.30. The predicted molar refractivity (Wildman–Crippen MR) is 86.8 cm³/mol. The van der Waals surface area contributed by atoms with Crippen molar-refractivity contribution in [2.24, 2.45) is 0 Å². The van der Waals surface area contributed by atoms with Crippen LogP contribution in [0.5, 0.6) is 0 Å². The highest BCUT2D eigenvalue weighted by Gasteiger charge is 2.27. The molecule has 5 heteroatoms. The molecular formula is C19H18FNO3. The number of carbonyl (C=O) groups excluding carboxylic acids is 2. The van der Waals surface area contributed by atoms with Crippen LogP contribution in [0.25, 0.3) is 0 Å². The lowest BCUT2D eigenvalue weighted by Crippen LogP contribution is -2.42. The Morgan fingerprint density at radius 1 is 1.08 bits per heavy atom. The second-order valence-corrected chi connectivity index (χ2v) is 5.81. The Morgan fingerprint density at radius 3 is 2.50 bits per heavy atom. The first-order valence-electron chi connectivity index (χ1n) is 7.87. The van der Waals surface area contributed by atoms with Crippen molar-refractivity contribution in [2.45, 2.75) is 26.0 Å². The molecule has 1 aliphatic heterocycles. The molecule has 1 aliphatic rings. The third-order valence-corrected chi connectivity index (χ3v) is 4.17. The van der Waals surface area contributed by atoms with Gasteiger partial charge in [0.05, 0.1) is 5.56 Å².